The van der Waals surface area contributed by atoms with Crippen LogP contribution >= 0.6 is 27.3 Å². The van der Waals surface area contributed by atoms with Crippen LogP contribution in [0.25, 0.3) is 10.9 Å². The zero-order valence-corrected chi connectivity index (χ0v) is 13.0. The molecule has 0 saturated carbocycles. The van der Waals surface area contributed by atoms with Crippen LogP contribution in [0.15, 0.2) is 50.1 Å². The number of hydrogen-bond donors (Lipinski definition) is 0. The molecule has 0 aliphatic heterocycles. The third kappa shape index (κ3) is 2.44. The molecule has 0 atom stereocenters. The fourth-order valence-electron chi connectivity index (χ4n) is 1.88. The molecule has 0 spiro atoms. The van der Waals surface area contributed by atoms with Gasteiger partial charge in [-0.1, -0.05) is 12.1 Å². The van der Waals surface area contributed by atoms with Crippen LogP contribution in [0, 0.1) is 6.92 Å². The summed E-state index contributed by atoms with van der Waals surface area (Å²) in [5.74, 6) is 0.570. The first-order valence-corrected chi connectivity index (χ1v) is 7.54. The minimum atomic E-state index is -0.153. The van der Waals surface area contributed by atoms with E-state index in [1.165, 1.54) is 4.68 Å². The van der Waals surface area contributed by atoms with Crippen LogP contribution in [0.4, 0.5) is 0 Å². The molecule has 1 aromatic carbocycles. The predicted octanol–water partition coefficient (Wildman–Crippen LogP) is 3.41. The highest BCUT2D eigenvalue weighted by Crippen LogP contribution is 2.20. The van der Waals surface area contributed by atoms with Crippen LogP contribution in [-0.2, 0) is 0 Å². The molecular formula is C14H10BrN3OS. The molecule has 0 aliphatic rings. The van der Waals surface area contributed by atoms with E-state index in [1.807, 2.05) is 30.3 Å². The van der Waals surface area contributed by atoms with E-state index in [4.69, 9.17) is 0 Å². The molecule has 0 radical (unpaired) electrons. The monoisotopic (exact) mass is 347 g/mol. The van der Waals surface area contributed by atoms with Crippen molar-refractivity contribution in [3.63, 3.8) is 0 Å². The summed E-state index contributed by atoms with van der Waals surface area (Å²) in [4.78, 5) is 17.7. The Hall–Kier alpha value is -1.79. The molecule has 3 rings (SSSR count). The van der Waals surface area contributed by atoms with E-state index >= 15 is 0 Å². The number of nitrogens with zero attached hydrogens (tertiary/aromatic N) is 3. The Labute approximate surface area is 127 Å². The van der Waals surface area contributed by atoms with Gasteiger partial charge in [0.2, 0.25) is 0 Å². The number of halogens is 1. The maximum Gasteiger partial charge on any atom is 0.282 e. The van der Waals surface area contributed by atoms with Crippen molar-refractivity contribution in [2.45, 2.75) is 6.92 Å². The van der Waals surface area contributed by atoms with Gasteiger partial charge in [0.15, 0.2) is 0 Å². The highest BCUT2D eigenvalue weighted by Gasteiger charge is 2.06. The van der Waals surface area contributed by atoms with Crippen molar-refractivity contribution in [2.75, 3.05) is 0 Å². The molecule has 0 N–H and O–H groups in total. The van der Waals surface area contributed by atoms with E-state index in [0.29, 0.717) is 16.7 Å². The third-order valence-corrected chi connectivity index (χ3v) is 4.37. The van der Waals surface area contributed by atoms with Crippen molar-refractivity contribution in [1.29, 1.82) is 0 Å². The van der Waals surface area contributed by atoms with Gasteiger partial charge in [-0.25, -0.2) is 4.98 Å². The van der Waals surface area contributed by atoms with Crippen LogP contribution in [0.5, 0.6) is 0 Å². The second kappa shape index (κ2) is 5.30. The highest BCUT2D eigenvalue weighted by molar-refractivity contribution is 9.11. The average molecular weight is 348 g/mol. The van der Waals surface area contributed by atoms with Crippen LogP contribution in [-0.4, -0.2) is 15.9 Å². The van der Waals surface area contributed by atoms with Gasteiger partial charge in [0.1, 0.15) is 5.82 Å². The molecule has 0 bridgehead atoms. The van der Waals surface area contributed by atoms with Crippen LogP contribution in [0.3, 0.4) is 0 Å². The Morgan fingerprint density at radius 3 is 2.85 bits per heavy atom. The first kappa shape index (κ1) is 13.2. The highest BCUT2D eigenvalue weighted by atomic mass is 79.9. The number of aromatic nitrogens is 2. The maximum absolute atomic E-state index is 12.4. The van der Waals surface area contributed by atoms with Gasteiger partial charge < -0.3 is 0 Å². The Bertz CT molecular complexity index is 866. The summed E-state index contributed by atoms with van der Waals surface area (Å²) in [6.45, 7) is 1.77. The Balaban J connectivity index is 2.12. The largest absolute Gasteiger partial charge is 0.282 e. The number of aryl methyl sites for hydroxylation is 1. The van der Waals surface area contributed by atoms with E-state index in [0.717, 1.165) is 8.66 Å². The molecular weight excluding hydrogens is 338 g/mol. The van der Waals surface area contributed by atoms with Crippen molar-refractivity contribution >= 4 is 44.4 Å². The van der Waals surface area contributed by atoms with Crippen molar-refractivity contribution in [3.05, 3.63) is 61.2 Å². The number of hydrogen-bond acceptors (Lipinski definition) is 4. The summed E-state index contributed by atoms with van der Waals surface area (Å²) in [5, 5.41) is 4.82. The minimum absolute atomic E-state index is 0.153. The van der Waals surface area contributed by atoms with Gasteiger partial charge in [0, 0.05) is 4.88 Å². The SMILES string of the molecule is Cc1nc2ccccc2c(=O)n1/N=C\c1ccc(Br)s1. The molecule has 0 amide bonds. The van der Waals surface area contributed by atoms with E-state index in [9.17, 15) is 4.79 Å². The Morgan fingerprint density at radius 2 is 2.10 bits per heavy atom. The number of thiophene rings is 1. The van der Waals surface area contributed by atoms with E-state index in [2.05, 4.69) is 26.0 Å². The lowest BCUT2D eigenvalue weighted by Gasteiger charge is -2.04. The van der Waals surface area contributed by atoms with Crippen molar-refractivity contribution in [2.24, 2.45) is 5.10 Å². The molecule has 2 aromatic heterocycles. The first-order chi connectivity index (χ1) is 9.65. The molecule has 0 saturated heterocycles. The van der Waals surface area contributed by atoms with Gasteiger partial charge in [-0.15, -0.1) is 11.3 Å². The number of rotatable bonds is 2. The molecule has 6 heteroatoms. The van der Waals surface area contributed by atoms with Gasteiger partial charge in [-0.2, -0.15) is 9.78 Å². The number of para-hydroxylation sites is 1. The number of fused-ring (bicyclic) bond motifs is 1. The zero-order valence-electron chi connectivity index (χ0n) is 10.6. The molecule has 0 unspecified atom stereocenters. The Kier molecular flexibility index (Phi) is 3.50. The molecule has 20 heavy (non-hydrogen) atoms. The molecule has 2 heterocycles. The quantitative estimate of drug-likeness (QED) is 0.667. The summed E-state index contributed by atoms with van der Waals surface area (Å²) in [5.41, 5.74) is 0.542. The van der Waals surface area contributed by atoms with E-state index in [-0.39, 0.29) is 5.56 Å². The lowest BCUT2D eigenvalue weighted by Crippen LogP contribution is -2.20. The van der Waals surface area contributed by atoms with E-state index < -0.39 is 0 Å². The second-order valence-corrected chi connectivity index (χ2v) is 6.67. The molecule has 3 aromatic rings. The summed E-state index contributed by atoms with van der Waals surface area (Å²) < 4.78 is 2.36. The third-order valence-electron chi connectivity index (χ3n) is 2.81. The second-order valence-electron chi connectivity index (χ2n) is 4.18. The zero-order chi connectivity index (χ0) is 14.1. The van der Waals surface area contributed by atoms with Crippen molar-refractivity contribution < 1.29 is 0 Å². The summed E-state index contributed by atoms with van der Waals surface area (Å²) in [6, 6.07) is 11.2. The smallest absolute Gasteiger partial charge is 0.267 e. The lowest BCUT2D eigenvalue weighted by molar-refractivity contribution is 0.771. The maximum atomic E-state index is 12.4. The molecule has 0 fully saturated rings. The summed E-state index contributed by atoms with van der Waals surface area (Å²) in [7, 11) is 0. The first-order valence-electron chi connectivity index (χ1n) is 5.93. The predicted molar refractivity (Wildman–Crippen MR) is 85.8 cm³/mol. The van der Waals surface area contributed by atoms with Crippen LogP contribution in [0.2, 0.25) is 0 Å². The molecule has 100 valence electrons. The fraction of sp³-hybridized carbons (Fsp3) is 0.0714. The summed E-state index contributed by atoms with van der Waals surface area (Å²) >= 11 is 4.95. The van der Waals surface area contributed by atoms with Gasteiger partial charge in [0.05, 0.1) is 20.9 Å². The normalized spacial score (nSPS) is 11.5. The van der Waals surface area contributed by atoms with Crippen molar-refractivity contribution in [1.82, 2.24) is 9.66 Å². The van der Waals surface area contributed by atoms with Crippen molar-refractivity contribution in [3.8, 4) is 0 Å². The topological polar surface area (TPSA) is 47.2 Å². The Morgan fingerprint density at radius 1 is 1.30 bits per heavy atom. The van der Waals surface area contributed by atoms with Gasteiger partial charge in [-0.3, -0.25) is 4.79 Å². The van der Waals surface area contributed by atoms with Gasteiger partial charge in [-0.05, 0) is 47.1 Å². The standard InChI is InChI=1S/C14H10BrN3OS/c1-9-17-12-5-3-2-4-11(12)14(19)18(9)16-8-10-6-7-13(15)20-10/h2-8H,1H3/b16-8-. The van der Waals surface area contributed by atoms with Gasteiger partial charge in [0.25, 0.3) is 5.56 Å². The van der Waals surface area contributed by atoms with Crippen LogP contribution in [0.1, 0.15) is 10.7 Å². The average Bonchev–Trinajstić information content (AvgIpc) is 2.84. The van der Waals surface area contributed by atoms with Crippen LogP contribution < -0.4 is 5.56 Å². The number of benzene rings is 1. The van der Waals surface area contributed by atoms with E-state index in [1.54, 1.807) is 30.5 Å². The molecule has 0 aliphatic carbocycles. The summed E-state index contributed by atoms with van der Waals surface area (Å²) in [6.07, 6.45) is 1.67. The lowest BCUT2D eigenvalue weighted by atomic mass is 10.2. The molecule has 4 nitrogen and oxygen atoms in total. The fourth-order valence-corrected chi connectivity index (χ4v) is 3.17. The van der Waals surface area contributed by atoms with Gasteiger partial charge >= 0.3 is 0 Å². The minimum Gasteiger partial charge on any atom is -0.267 e.